The van der Waals surface area contributed by atoms with Crippen LogP contribution in [-0.2, 0) is 26.2 Å². The lowest BCUT2D eigenvalue weighted by Crippen LogP contribution is -2.52. The first-order chi connectivity index (χ1) is 19.6. The van der Waals surface area contributed by atoms with Gasteiger partial charge in [-0.05, 0) is 61.7 Å². The number of halogens is 2. The minimum Gasteiger partial charge on any atom is -0.497 e. The average molecular weight is 619 g/mol. The molecule has 8 nitrogen and oxygen atoms in total. The molecular formula is C30H33Cl2N3O5S. The first-order valence-electron chi connectivity index (χ1n) is 13.4. The average Bonchev–Trinajstić information content (AvgIpc) is 3.49. The number of nitrogens with zero attached hydrogens (tertiary/aromatic N) is 2. The molecule has 1 aliphatic rings. The van der Waals surface area contributed by atoms with E-state index >= 15 is 0 Å². The highest BCUT2D eigenvalue weighted by Gasteiger charge is 2.34. The Kier molecular flexibility index (Phi) is 10.2. The van der Waals surface area contributed by atoms with Gasteiger partial charge in [-0.1, -0.05) is 72.4 Å². The van der Waals surface area contributed by atoms with Crippen LogP contribution in [0.3, 0.4) is 0 Å². The molecule has 218 valence electrons. The second-order valence-corrected chi connectivity index (χ2v) is 12.6. The summed E-state index contributed by atoms with van der Waals surface area (Å²) in [6.45, 7) is 1.09. The topological polar surface area (TPSA) is 96.0 Å². The van der Waals surface area contributed by atoms with Gasteiger partial charge in [-0.25, -0.2) is 8.42 Å². The number of benzene rings is 3. The van der Waals surface area contributed by atoms with Crippen LogP contribution < -0.4 is 14.4 Å². The highest BCUT2D eigenvalue weighted by molar-refractivity contribution is 7.92. The number of amides is 2. The summed E-state index contributed by atoms with van der Waals surface area (Å²) < 4.78 is 34.1. The van der Waals surface area contributed by atoms with Crippen molar-refractivity contribution >= 4 is 50.7 Å². The summed E-state index contributed by atoms with van der Waals surface area (Å²) in [6.07, 6.45) is 3.86. The van der Waals surface area contributed by atoms with Gasteiger partial charge in [0.25, 0.3) is 10.0 Å². The maximum Gasteiger partial charge on any atom is 0.264 e. The molecule has 4 rings (SSSR count). The molecule has 2 amide bonds. The van der Waals surface area contributed by atoms with Crippen LogP contribution in [0.25, 0.3) is 0 Å². The molecule has 0 heterocycles. The third kappa shape index (κ3) is 7.33. The molecule has 3 aromatic carbocycles. The molecule has 1 atom stereocenters. The molecular weight excluding hydrogens is 585 g/mol. The van der Waals surface area contributed by atoms with Gasteiger partial charge in [-0.3, -0.25) is 13.9 Å². The molecule has 0 bridgehead atoms. The van der Waals surface area contributed by atoms with E-state index in [0.717, 1.165) is 35.6 Å². The van der Waals surface area contributed by atoms with E-state index in [4.69, 9.17) is 27.9 Å². The number of methoxy groups -OCH3 is 1. The molecule has 0 aliphatic heterocycles. The summed E-state index contributed by atoms with van der Waals surface area (Å²) in [6, 6.07) is 18.7. The molecule has 11 heteroatoms. The largest absolute Gasteiger partial charge is 0.497 e. The van der Waals surface area contributed by atoms with E-state index in [0.29, 0.717) is 5.75 Å². The van der Waals surface area contributed by atoms with Crippen LogP contribution in [0.2, 0.25) is 10.0 Å². The van der Waals surface area contributed by atoms with Crippen LogP contribution in [0.15, 0.2) is 77.7 Å². The number of nitrogens with one attached hydrogen (secondary N) is 1. The van der Waals surface area contributed by atoms with E-state index in [1.165, 1.54) is 29.2 Å². The Hall–Kier alpha value is -3.27. The normalized spacial score (nSPS) is 14.3. The molecule has 1 unspecified atom stereocenters. The van der Waals surface area contributed by atoms with Gasteiger partial charge in [0.2, 0.25) is 11.8 Å². The molecule has 0 aromatic heterocycles. The summed E-state index contributed by atoms with van der Waals surface area (Å²) in [5.74, 6) is -0.291. The Balaban J connectivity index is 1.71. The van der Waals surface area contributed by atoms with E-state index in [2.05, 4.69) is 5.32 Å². The SMILES string of the molecule is COc1cccc(CN(C(=O)CN(c2cccc(Cl)c2Cl)S(=O)(=O)c2ccccc2)C(C)C(=O)NC2CCCC2)c1. The van der Waals surface area contributed by atoms with Crippen molar-refractivity contribution in [2.75, 3.05) is 18.0 Å². The molecule has 1 saturated carbocycles. The fraction of sp³-hybridized carbons (Fsp3) is 0.333. The first-order valence-corrected chi connectivity index (χ1v) is 15.6. The van der Waals surface area contributed by atoms with E-state index in [-0.39, 0.29) is 39.1 Å². The summed E-state index contributed by atoms with van der Waals surface area (Å²) in [7, 11) is -2.71. The lowest BCUT2D eigenvalue weighted by atomic mass is 10.1. The Bertz CT molecular complexity index is 1480. The standard InChI is InChI=1S/C30H33Cl2N3O5S/c1-21(30(37)33-23-11-6-7-12-23)34(19-22-10-8-13-24(18-22)40-2)28(36)20-35(27-17-9-16-26(31)29(27)32)41(38,39)25-14-4-3-5-15-25/h3-5,8-10,13-18,21,23H,6-7,11-12,19-20H2,1-2H3,(H,33,37). The maximum atomic E-state index is 14.1. The number of anilines is 1. The molecule has 0 saturated heterocycles. The zero-order chi connectivity index (χ0) is 29.6. The van der Waals surface area contributed by atoms with Crippen molar-refractivity contribution in [1.82, 2.24) is 10.2 Å². The summed E-state index contributed by atoms with van der Waals surface area (Å²) >= 11 is 12.7. The Morgan fingerprint density at radius 1 is 1.00 bits per heavy atom. The number of carbonyl (C=O) groups excluding carboxylic acids is 2. The predicted octanol–water partition coefficient (Wildman–Crippen LogP) is 5.67. The van der Waals surface area contributed by atoms with Crippen LogP contribution in [0.1, 0.15) is 38.2 Å². The minimum atomic E-state index is -4.25. The van der Waals surface area contributed by atoms with E-state index in [1.54, 1.807) is 56.5 Å². The molecule has 1 aliphatic carbocycles. The summed E-state index contributed by atoms with van der Waals surface area (Å²) in [5, 5.41) is 3.19. The van der Waals surface area contributed by atoms with Gasteiger partial charge in [0, 0.05) is 12.6 Å². The smallest absolute Gasteiger partial charge is 0.264 e. The van der Waals surface area contributed by atoms with E-state index in [1.807, 2.05) is 6.07 Å². The Morgan fingerprint density at radius 3 is 2.37 bits per heavy atom. The van der Waals surface area contributed by atoms with E-state index in [9.17, 15) is 18.0 Å². The highest BCUT2D eigenvalue weighted by atomic mass is 35.5. The van der Waals surface area contributed by atoms with Gasteiger partial charge in [0.15, 0.2) is 0 Å². The van der Waals surface area contributed by atoms with Crippen molar-refractivity contribution in [3.8, 4) is 5.75 Å². The first kappa shape index (κ1) is 30.7. The fourth-order valence-corrected chi connectivity index (χ4v) is 6.75. The zero-order valence-electron chi connectivity index (χ0n) is 22.9. The third-order valence-corrected chi connectivity index (χ3v) is 9.75. The molecule has 3 aromatic rings. The Morgan fingerprint density at radius 2 is 1.68 bits per heavy atom. The van der Waals surface area contributed by atoms with Crippen molar-refractivity contribution in [2.24, 2.45) is 0 Å². The van der Waals surface area contributed by atoms with Crippen LogP contribution in [0, 0.1) is 0 Å². The van der Waals surface area contributed by atoms with Crippen molar-refractivity contribution < 1.29 is 22.7 Å². The van der Waals surface area contributed by atoms with Crippen LogP contribution >= 0.6 is 23.2 Å². The predicted molar refractivity (Wildman–Crippen MR) is 161 cm³/mol. The number of carbonyl (C=O) groups is 2. The van der Waals surface area contributed by atoms with Crippen LogP contribution in [0.5, 0.6) is 5.75 Å². The number of sulfonamides is 1. The van der Waals surface area contributed by atoms with Gasteiger partial charge in [-0.2, -0.15) is 0 Å². The number of ether oxygens (including phenoxy) is 1. The second kappa shape index (κ2) is 13.6. The van der Waals surface area contributed by atoms with Gasteiger partial charge < -0.3 is 15.0 Å². The van der Waals surface area contributed by atoms with Crippen LogP contribution in [-0.4, -0.2) is 50.9 Å². The molecule has 0 spiro atoms. The van der Waals surface area contributed by atoms with Crippen LogP contribution in [0.4, 0.5) is 5.69 Å². The monoisotopic (exact) mass is 617 g/mol. The fourth-order valence-electron chi connectivity index (χ4n) is 4.86. The van der Waals surface area contributed by atoms with Crippen molar-refractivity contribution in [3.05, 3.63) is 88.4 Å². The van der Waals surface area contributed by atoms with Crippen molar-refractivity contribution in [1.29, 1.82) is 0 Å². The van der Waals surface area contributed by atoms with Gasteiger partial charge in [0.1, 0.15) is 18.3 Å². The molecule has 41 heavy (non-hydrogen) atoms. The number of rotatable bonds is 11. The van der Waals surface area contributed by atoms with Gasteiger partial charge in [0.05, 0.1) is 27.7 Å². The zero-order valence-corrected chi connectivity index (χ0v) is 25.3. The Labute approximate surface area is 251 Å². The van der Waals surface area contributed by atoms with Crippen molar-refractivity contribution in [2.45, 2.75) is 56.1 Å². The quantitative estimate of drug-likeness (QED) is 0.299. The lowest BCUT2D eigenvalue weighted by Gasteiger charge is -2.32. The minimum absolute atomic E-state index is 0.00663. The van der Waals surface area contributed by atoms with Gasteiger partial charge in [-0.15, -0.1) is 0 Å². The maximum absolute atomic E-state index is 14.1. The second-order valence-electron chi connectivity index (χ2n) is 9.94. The number of hydrogen-bond donors (Lipinski definition) is 1. The molecule has 1 N–H and O–H groups in total. The lowest BCUT2D eigenvalue weighted by molar-refractivity contribution is -0.139. The van der Waals surface area contributed by atoms with E-state index < -0.39 is 28.5 Å². The summed E-state index contributed by atoms with van der Waals surface area (Å²) in [4.78, 5) is 28.8. The summed E-state index contributed by atoms with van der Waals surface area (Å²) in [5.41, 5.74) is 0.775. The van der Waals surface area contributed by atoms with Crippen molar-refractivity contribution in [3.63, 3.8) is 0 Å². The van der Waals surface area contributed by atoms with Gasteiger partial charge >= 0.3 is 0 Å². The molecule has 1 fully saturated rings. The molecule has 0 radical (unpaired) electrons. The highest BCUT2D eigenvalue weighted by Crippen LogP contribution is 2.35. The number of hydrogen-bond acceptors (Lipinski definition) is 5. The third-order valence-electron chi connectivity index (χ3n) is 7.17.